The third-order valence-corrected chi connectivity index (χ3v) is 1.81. The number of hydrogen-bond acceptors (Lipinski definition) is 3. The van der Waals surface area contributed by atoms with Crippen LogP contribution in [0.3, 0.4) is 0 Å². The van der Waals surface area contributed by atoms with Crippen molar-refractivity contribution in [1.82, 2.24) is 15.0 Å². The lowest BCUT2D eigenvalue weighted by molar-refractivity contribution is 0.621. The molecule has 72 valence electrons. The van der Waals surface area contributed by atoms with Gasteiger partial charge in [0, 0.05) is 0 Å². The number of nitrogen functional groups attached to an aromatic ring is 1. The van der Waals surface area contributed by atoms with Gasteiger partial charge in [0.2, 0.25) is 0 Å². The van der Waals surface area contributed by atoms with Crippen molar-refractivity contribution in [2.45, 2.75) is 6.54 Å². The summed E-state index contributed by atoms with van der Waals surface area (Å²) in [6, 6.07) is 6.23. The van der Waals surface area contributed by atoms with E-state index in [2.05, 4.69) is 10.3 Å². The van der Waals surface area contributed by atoms with Gasteiger partial charge in [0.05, 0.1) is 12.7 Å². The predicted octanol–water partition coefficient (Wildman–Crippen LogP) is 1.05. The molecule has 0 radical (unpaired) electrons. The van der Waals surface area contributed by atoms with E-state index in [0.29, 0.717) is 12.4 Å². The van der Waals surface area contributed by atoms with Crippen LogP contribution < -0.4 is 5.73 Å². The highest BCUT2D eigenvalue weighted by Crippen LogP contribution is 2.04. The summed E-state index contributed by atoms with van der Waals surface area (Å²) in [6.07, 6.45) is 1.63. The van der Waals surface area contributed by atoms with Crippen LogP contribution in [-0.2, 0) is 6.54 Å². The molecule has 0 aliphatic carbocycles. The Morgan fingerprint density at radius 1 is 1.29 bits per heavy atom. The van der Waals surface area contributed by atoms with Gasteiger partial charge in [-0.1, -0.05) is 17.3 Å². The van der Waals surface area contributed by atoms with Crippen molar-refractivity contribution in [2.75, 3.05) is 5.73 Å². The minimum atomic E-state index is -0.244. The van der Waals surface area contributed by atoms with Crippen LogP contribution in [0.2, 0.25) is 0 Å². The summed E-state index contributed by atoms with van der Waals surface area (Å²) in [4.78, 5) is 0. The Labute approximate surface area is 80.2 Å². The summed E-state index contributed by atoms with van der Waals surface area (Å²) in [5.74, 6) is 0.138. The zero-order valence-electron chi connectivity index (χ0n) is 7.39. The van der Waals surface area contributed by atoms with Gasteiger partial charge in [0.15, 0.2) is 5.82 Å². The van der Waals surface area contributed by atoms with Gasteiger partial charge in [-0.05, 0) is 17.7 Å². The molecule has 0 unspecified atom stereocenters. The van der Waals surface area contributed by atoms with Gasteiger partial charge in [-0.25, -0.2) is 9.07 Å². The van der Waals surface area contributed by atoms with E-state index in [1.807, 2.05) is 0 Å². The number of nitrogens with zero attached hydrogens (tertiary/aromatic N) is 3. The Morgan fingerprint density at radius 3 is 2.57 bits per heavy atom. The van der Waals surface area contributed by atoms with Gasteiger partial charge < -0.3 is 5.73 Å². The molecule has 1 heterocycles. The summed E-state index contributed by atoms with van der Waals surface area (Å²) in [7, 11) is 0. The molecular formula is C9H9FN4. The van der Waals surface area contributed by atoms with Gasteiger partial charge in [-0.15, -0.1) is 5.10 Å². The van der Waals surface area contributed by atoms with Crippen molar-refractivity contribution in [1.29, 1.82) is 0 Å². The highest BCUT2D eigenvalue weighted by molar-refractivity contribution is 5.21. The average Bonchev–Trinajstić information content (AvgIpc) is 2.56. The van der Waals surface area contributed by atoms with Crippen LogP contribution in [-0.4, -0.2) is 15.0 Å². The van der Waals surface area contributed by atoms with Crippen LogP contribution in [0, 0.1) is 5.82 Å². The molecule has 5 heteroatoms. The standard InChI is InChI=1S/C9H9FN4/c10-8-3-1-7(2-4-8)5-14-6-9(11)12-13-14/h1-4,6H,5,11H2. The first-order chi connectivity index (χ1) is 6.74. The Hall–Kier alpha value is -1.91. The van der Waals surface area contributed by atoms with Gasteiger partial charge >= 0.3 is 0 Å². The van der Waals surface area contributed by atoms with Crippen molar-refractivity contribution in [3.05, 3.63) is 41.8 Å². The van der Waals surface area contributed by atoms with E-state index in [0.717, 1.165) is 5.56 Å². The second-order valence-electron chi connectivity index (χ2n) is 2.97. The fourth-order valence-electron chi connectivity index (χ4n) is 1.17. The quantitative estimate of drug-likeness (QED) is 0.773. The summed E-state index contributed by atoms with van der Waals surface area (Å²) in [6.45, 7) is 0.546. The highest BCUT2D eigenvalue weighted by Gasteiger charge is 1.98. The maximum atomic E-state index is 12.6. The van der Waals surface area contributed by atoms with Crippen LogP contribution in [0.5, 0.6) is 0 Å². The van der Waals surface area contributed by atoms with Crippen molar-refractivity contribution in [3.63, 3.8) is 0 Å². The van der Waals surface area contributed by atoms with Crippen LogP contribution in [0.15, 0.2) is 30.5 Å². The lowest BCUT2D eigenvalue weighted by Gasteiger charge is -1.99. The maximum Gasteiger partial charge on any atom is 0.165 e. The normalized spacial score (nSPS) is 10.4. The third-order valence-electron chi connectivity index (χ3n) is 1.81. The van der Waals surface area contributed by atoms with Crippen LogP contribution in [0.4, 0.5) is 10.2 Å². The Bertz CT molecular complexity index is 421. The summed E-state index contributed by atoms with van der Waals surface area (Å²) < 4.78 is 14.2. The molecule has 1 aromatic carbocycles. The molecule has 0 amide bonds. The van der Waals surface area contributed by atoms with E-state index < -0.39 is 0 Å². The zero-order valence-corrected chi connectivity index (χ0v) is 7.39. The first-order valence-corrected chi connectivity index (χ1v) is 4.14. The van der Waals surface area contributed by atoms with Crippen LogP contribution >= 0.6 is 0 Å². The molecule has 2 aromatic rings. The topological polar surface area (TPSA) is 56.7 Å². The van der Waals surface area contributed by atoms with Gasteiger partial charge in [0.25, 0.3) is 0 Å². The number of halogens is 1. The maximum absolute atomic E-state index is 12.6. The van der Waals surface area contributed by atoms with Crippen molar-refractivity contribution >= 4 is 5.82 Å². The molecule has 14 heavy (non-hydrogen) atoms. The third kappa shape index (κ3) is 1.87. The Morgan fingerprint density at radius 2 is 2.00 bits per heavy atom. The smallest absolute Gasteiger partial charge is 0.165 e. The van der Waals surface area contributed by atoms with E-state index in [1.165, 1.54) is 12.1 Å². The Balaban J connectivity index is 2.15. The molecule has 4 nitrogen and oxygen atoms in total. The molecular weight excluding hydrogens is 183 g/mol. The molecule has 0 fully saturated rings. The SMILES string of the molecule is Nc1cn(Cc2ccc(F)cc2)nn1. The molecule has 0 aliphatic rings. The first kappa shape index (κ1) is 8.68. The molecule has 0 aliphatic heterocycles. The summed E-state index contributed by atoms with van der Waals surface area (Å²) in [5.41, 5.74) is 6.36. The summed E-state index contributed by atoms with van der Waals surface area (Å²) in [5, 5.41) is 7.43. The second-order valence-corrected chi connectivity index (χ2v) is 2.97. The lowest BCUT2D eigenvalue weighted by Crippen LogP contribution is -2.00. The fraction of sp³-hybridized carbons (Fsp3) is 0.111. The molecule has 1 aromatic heterocycles. The lowest BCUT2D eigenvalue weighted by atomic mass is 10.2. The zero-order chi connectivity index (χ0) is 9.97. The Kier molecular flexibility index (Phi) is 2.14. The summed E-state index contributed by atoms with van der Waals surface area (Å²) >= 11 is 0. The monoisotopic (exact) mass is 192 g/mol. The molecule has 0 spiro atoms. The van der Waals surface area contributed by atoms with E-state index in [1.54, 1.807) is 23.0 Å². The number of nitrogens with two attached hydrogens (primary N) is 1. The minimum absolute atomic E-state index is 0.244. The molecule has 0 bridgehead atoms. The van der Waals surface area contributed by atoms with Crippen molar-refractivity contribution in [3.8, 4) is 0 Å². The molecule has 0 atom stereocenters. The van der Waals surface area contributed by atoms with E-state index >= 15 is 0 Å². The molecule has 0 saturated heterocycles. The molecule has 0 saturated carbocycles. The predicted molar refractivity (Wildman–Crippen MR) is 49.9 cm³/mol. The number of benzene rings is 1. The van der Waals surface area contributed by atoms with Crippen LogP contribution in [0.25, 0.3) is 0 Å². The largest absolute Gasteiger partial charge is 0.381 e. The van der Waals surface area contributed by atoms with Gasteiger partial charge in [-0.2, -0.15) is 0 Å². The van der Waals surface area contributed by atoms with E-state index in [4.69, 9.17) is 5.73 Å². The van der Waals surface area contributed by atoms with Crippen molar-refractivity contribution in [2.24, 2.45) is 0 Å². The van der Waals surface area contributed by atoms with Crippen LogP contribution in [0.1, 0.15) is 5.56 Å². The average molecular weight is 192 g/mol. The highest BCUT2D eigenvalue weighted by atomic mass is 19.1. The molecule has 2 rings (SSSR count). The van der Waals surface area contributed by atoms with E-state index in [9.17, 15) is 4.39 Å². The van der Waals surface area contributed by atoms with Gasteiger partial charge in [-0.3, -0.25) is 0 Å². The van der Waals surface area contributed by atoms with E-state index in [-0.39, 0.29) is 5.82 Å². The molecule has 2 N–H and O–H groups in total. The first-order valence-electron chi connectivity index (χ1n) is 4.14. The second kappa shape index (κ2) is 3.45. The number of aromatic nitrogens is 3. The number of hydrogen-bond donors (Lipinski definition) is 1. The number of rotatable bonds is 2. The number of anilines is 1. The fourth-order valence-corrected chi connectivity index (χ4v) is 1.17. The minimum Gasteiger partial charge on any atom is -0.381 e. The van der Waals surface area contributed by atoms with Gasteiger partial charge in [0.1, 0.15) is 5.82 Å². The van der Waals surface area contributed by atoms with Crippen molar-refractivity contribution < 1.29 is 4.39 Å².